The third-order valence-corrected chi connectivity index (χ3v) is 4.24. The van der Waals surface area contributed by atoms with Crippen molar-refractivity contribution in [2.45, 2.75) is 18.0 Å². The average Bonchev–Trinajstić information content (AvgIpc) is 2.41. The first-order valence-corrected chi connectivity index (χ1v) is 7.44. The molecular formula is C14H12F3NO2S. The average molecular weight is 315 g/mol. The van der Waals surface area contributed by atoms with Crippen LogP contribution in [0.5, 0.6) is 0 Å². The van der Waals surface area contributed by atoms with Gasteiger partial charge in [0.15, 0.2) is 0 Å². The Kier molecular flexibility index (Phi) is 3.95. The van der Waals surface area contributed by atoms with Gasteiger partial charge in [-0.3, -0.25) is 4.72 Å². The van der Waals surface area contributed by atoms with Crippen molar-refractivity contribution >= 4 is 15.7 Å². The summed E-state index contributed by atoms with van der Waals surface area (Å²) >= 11 is 0. The van der Waals surface area contributed by atoms with Gasteiger partial charge in [0.25, 0.3) is 10.0 Å². The lowest BCUT2D eigenvalue weighted by atomic mass is 10.1. The molecule has 0 aliphatic rings. The molecule has 0 aromatic heterocycles. The second kappa shape index (κ2) is 5.40. The van der Waals surface area contributed by atoms with Gasteiger partial charge in [-0.25, -0.2) is 8.42 Å². The molecule has 21 heavy (non-hydrogen) atoms. The van der Waals surface area contributed by atoms with Crippen LogP contribution in [0.1, 0.15) is 11.1 Å². The van der Waals surface area contributed by atoms with E-state index < -0.39 is 21.8 Å². The van der Waals surface area contributed by atoms with Crippen LogP contribution >= 0.6 is 0 Å². The highest BCUT2D eigenvalue weighted by Gasteiger charge is 2.31. The maximum Gasteiger partial charge on any atom is 0.416 e. The number of nitrogens with one attached hydrogen (secondary N) is 1. The highest BCUT2D eigenvalue weighted by atomic mass is 32.2. The Hall–Kier alpha value is -2.02. The molecule has 0 saturated heterocycles. The van der Waals surface area contributed by atoms with E-state index in [1.54, 1.807) is 6.07 Å². The van der Waals surface area contributed by atoms with Gasteiger partial charge in [0.2, 0.25) is 0 Å². The van der Waals surface area contributed by atoms with Gasteiger partial charge in [-0.2, -0.15) is 13.2 Å². The van der Waals surface area contributed by atoms with Crippen LogP contribution in [-0.4, -0.2) is 8.42 Å². The molecule has 0 atom stereocenters. The predicted molar refractivity (Wildman–Crippen MR) is 73.4 cm³/mol. The van der Waals surface area contributed by atoms with Crippen molar-refractivity contribution < 1.29 is 21.6 Å². The molecule has 2 aromatic carbocycles. The van der Waals surface area contributed by atoms with E-state index in [0.29, 0.717) is 5.56 Å². The van der Waals surface area contributed by atoms with Crippen LogP contribution in [0.25, 0.3) is 0 Å². The molecule has 0 amide bonds. The first kappa shape index (κ1) is 15.4. The molecule has 112 valence electrons. The zero-order valence-corrected chi connectivity index (χ0v) is 11.8. The fourth-order valence-electron chi connectivity index (χ4n) is 1.71. The van der Waals surface area contributed by atoms with Gasteiger partial charge in [-0.1, -0.05) is 24.3 Å². The standard InChI is InChI=1S/C14H12F3NO2S/c1-10-7-8-11(14(15,16)17)9-13(10)18-21(19,20)12-5-3-2-4-6-12/h2-9,18H,1H3. The van der Waals surface area contributed by atoms with Gasteiger partial charge in [-0.05, 0) is 36.8 Å². The molecule has 2 aromatic rings. The Balaban J connectivity index is 2.40. The normalized spacial score (nSPS) is 12.2. The van der Waals surface area contributed by atoms with Crippen LogP contribution < -0.4 is 4.72 Å². The monoisotopic (exact) mass is 315 g/mol. The minimum absolute atomic E-state index is 0.0122. The van der Waals surface area contributed by atoms with Gasteiger partial charge < -0.3 is 0 Å². The Labute approximate surface area is 120 Å². The van der Waals surface area contributed by atoms with Crippen LogP contribution in [0, 0.1) is 6.92 Å². The number of rotatable bonds is 3. The Morgan fingerprint density at radius 3 is 2.19 bits per heavy atom. The molecule has 7 heteroatoms. The lowest BCUT2D eigenvalue weighted by Crippen LogP contribution is -2.15. The number of hydrogen-bond acceptors (Lipinski definition) is 2. The highest BCUT2D eigenvalue weighted by molar-refractivity contribution is 7.92. The van der Waals surface area contributed by atoms with Crippen molar-refractivity contribution in [1.29, 1.82) is 0 Å². The van der Waals surface area contributed by atoms with Gasteiger partial charge >= 0.3 is 6.18 Å². The second-order valence-corrected chi connectivity index (χ2v) is 6.13. The number of alkyl halides is 3. The molecule has 0 saturated carbocycles. The largest absolute Gasteiger partial charge is 0.416 e. The van der Waals surface area contributed by atoms with Gasteiger partial charge in [0.1, 0.15) is 0 Å². The molecule has 0 aliphatic heterocycles. The number of anilines is 1. The number of sulfonamides is 1. The summed E-state index contributed by atoms with van der Waals surface area (Å²) in [5.41, 5.74) is -0.588. The zero-order valence-electron chi connectivity index (χ0n) is 11.0. The zero-order chi connectivity index (χ0) is 15.7. The van der Waals surface area contributed by atoms with Crippen molar-refractivity contribution in [3.05, 3.63) is 59.7 Å². The summed E-state index contributed by atoms with van der Waals surface area (Å²) in [5.74, 6) is 0. The first-order chi connectivity index (χ1) is 9.70. The molecule has 0 aliphatic carbocycles. The van der Waals surface area contributed by atoms with Crippen LogP contribution in [-0.2, 0) is 16.2 Å². The summed E-state index contributed by atoms with van der Waals surface area (Å²) in [6.45, 7) is 1.53. The lowest BCUT2D eigenvalue weighted by Gasteiger charge is -2.13. The molecule has 0 spiro atoms. The molecule has 3 nitrogen and oxygen atoms in total. The quantitative estimate of drug-likeness (QED) is 0.936. The maximum atomic E-state index is 12.7. The summed E-state index contributed by atoms with van der Waals surface area (Å²) in [4.78, 5) is -0.0122. The molecule has 0 unspecified atom stereocenters. The molecule has 0 fully saturated rings. The van der Waals surface area contributed by atoms with Crippen molar-refractivity contribution in [2.24, 2.45) is 0 Å². The molecule has 0 radical (unpaired) electrons. The van der Waals surface area contributed by atoms with Crippen LogP contribution in [0.2, 0.25) is 0 Å². The van der Waals surface area contributed by atoms with Crippen molar-refractivity contribution in [3.63, 3.8) is 0 Å². The fraction of sp³-hybridized carbons (Fsp3) is 0.143. The lowest BCUT2D eigenvalue weighted by molar-refractivity contribution is -0.137. The highest BCUT2D eigenvalue weighted by Crippen LogP contribution is 2.32. The summed E-state index contributed by atoms with van der Waals surface area (Å²) in [6, 6.07) is 10.4. The summed E-state index contributed by atoms with van der Waals surface area (Å²) in [6.07, 6.45) is -4.53. The Morgan fingerprint density at radius 1 is 1.00 bits per heavy atom. The van der Waals surface area contributed by atoms with E-state index in [2.05, 4.69) is 4.72 Å². The maximum absolute atomic E-state index is 12.7. The summed E-state index contributed by atoms with van der Waals surface area (Å²) in [7, 11) is -3.92. The first-order valence-electron chi connectivity index (χ1n) is 5.96. The van der Waals surface area contributed by atoms with E-state index in [4.69, 9.17) is 0 Å². The number of benzene rings is 2. The third kappa shape index (κ3) is 3.55. The van der Waals surface area contributed by atoms with E-state index in [1.807, 2.05) is 0 Å². The summed E-state index contributed by atoms with van der Waals surface area (Å²) < 4.78 is 64.5. The van der Waals surface area contributed by atoms with Gasteiger partial charge in [0.05, 0.1) is 16.1 Å². The van der Waals surface area contributed by atoms with E-state index in [0.717, 1.165) is 12.1 Å². The van der Waals surface area contributed by atoms with E-state index in [1.165, 1.54) is 37.3 Å². The van der Waals surface area contributed by atoms with Crippen molar-refractivity contribution in [1.82, 2.24) is 0 Å². The topological polar surface area (TPSA) is 46.2 Å². The molecule has 0 bridgehead atoms. The van der Waals surface area contributed by atoms with Crippen LogP contribution in [0.15, 0.2) is 53.4 Å². The van der Waals surface area contributed by atoms with Crippen molar-refractivity contribution in [3.8, 4) is 0 Å². The van der Waals surface area contributed by atoms with E-state index in [-0.39, 0.29) is 10.6 Å². The molecule has 0 heterocycles. The van der Waals surface area contributed by atoms with E-state index in [9.17, 15) is 21.6 Å². The number of hydrogen-bond donors (Lipinski definition) is 1. The molecule has 1 N–H and O–H groups in total. The van der Waals surface area contributed by atoms with E-state index >= 15 is 0 Å². The second-order valence-electron chi connectivity index (χ2n) is 4.45. The Morgan fingerprint density at radius 2 is 1.62 bits per heavy atom. The minimum atomic E-state index is -4.53. The molecular weight excluding hydrogens is 303 g/mol. The van der Waals surface area contributed by atoms with Crippen LogP contribution in [0.4, 0.5) is 18.9 Å². The summed E-state index contributed by atoms with van der Waals surface area (Å²) in [5, 5.41) is 0. The van der Waals surface area contributed by atoms with Crippen LogP contribution in [0.3, 0.4) is 0 Å². The third-order valence-electron chi connectivity index (χ3n) is 2.86. The predicted octanol–water partition coefficient (Wildman–Crippen LogP) is 3.81. The van der Waals surface area contributed by atoms with Crippen molar-refractivity contribution in [2.75, 3.05) is 4.72 Å². The Bertz CT molecular complexity index is 741. The minimum Gasteiger partial charge on any atom is -0.279 e. The SMILES string of the molecule is Cc1ccc(C(F)(F)F)cc1NS(=O)(=O)c1ccccc1. The fourth-order valence-corrected chi connectivity index (χ4v) is 2.85. The van der Waals surface area contributed by atoms with Gasteiger partial charge in [-0.15, -0.1) is 0 Å². The molecule has 2 rings (SSSR count). The number of halogens is 3. The van der Waals surface area contributed by atoms with Gasteiger partial charge in [0, 0.05) is 0 Å². The number of aryl methyl sites for hydroxylation is 1. The smallest absolute Gasteiger partial charge is 0.279 e.